The molecule has 1 N–H and O–H groups in total. The second-order valence-corrected chi connectivity index (χ2v) is 9.90. The minimum absolute atomic E-state index is 0. The summed E-state index contributed by atoms with van der Waals surface area (Å²) in [4.78, 5) is 5.17. The molecule has 1 aromatic heterocycles. The number of aromatic nitrogens is 1. The standard InChI is InChI=1S/C26H34F2N4O.H2/c1-17(2)23(31-32-29-4)22-21(18-8-6-5-7-9-18)19-16-26(27,28)11-10-20(19)30-24(22)25(3)12-14-33-15-13-25;/h5-9,17,23H,10-16H2,1-4H3,(H,29,31);1H. The first-order chi connectivity index (χ1) is 15.8. The van der Waals surface area contributed by atoms with E-state index in [1.807, 2.05) is 30.3 Å². The summed E-state index contributed by atoms with van der Waals surface area (Å²) in [5.41, 5.74) is 8.30. The number of alkyl halides is 2. The van der Waals surface area contributed by atoms with Crippen LogP contribution >= 0.6 is 0 Å². The molecular weight excluding hydrogens is 422 g/mol. The predicted molar refractivity (Wildman–Crippen MR) is 128 cm³/mol. The fourth-order valence-electron chi connectivity index (χ4n) is 5.16. The molecule has 2 aromatic rings. The van der Waals surface area contributed by atoms with Crippen molar-refractivity contribution in [2.45, 2.75) is 70.3 Å². The molecule has 33 heavy (non-hydrogen) atoms. The van der Waals surface area contributed by atoms with Gasteiger partial charge in [-0.15, -0.1) is 0 Å². The van der Waals surface area contributed by atoms with Gasteiger partial charge in [0.05, 0.1) is 18.8 Å². The van der Waals surface area contributed by atoms with Gasteiger partial charge in [0.2, 0.25) is 0 Å². The number of aryl methyl sites for hydroxylation is 1. The van der Waals surface area contributed by atoms with Crippen molar-refractivity contribution >= 4 is 0 Å². The topological polar surface area (TPSA) is 58.9 Å². The molecule has 0 spiro atoms. The van der Waals surface area contributed by atoms with E-state index in [-0.39, 0.29) is 38.1 Å². The van der Waals surface area contributed by atoms with Crippen LogP contribution in [0.5, 0.6) is 0 Å². The maximum absolute atomic E-state index is 14.7. The third-order valence-corrected chi connectivity index (χ3v) is 7.09. The van der Waals surface area contributed by atoms with Crippen LogP contribution in [0.15, 0.2) is 40.7 Å². The molecule has 1 aromatic carbocycles. The van der Waals surface area contributed by atoms with Crippen LogP contribution in [0.1, 0.15) is 70.0 Å². The number of nitrogens with zero attached hydrogens (tertiary/aromatic N) is 3. The van der Waals surface area contributed by atoms with Crippen LogP contribution < -0.4 is 5.43 Å². The number of fused-ring (bicyclic) bond motifs is 1. The summed E-state index contributed by atoms with van der Waals surface area (Å²) in [6, 6.07) is 9.70. The van der Waals surface area contributed by atoms with Crippen molar-refractivity contribution in [2.75, 3.05) is 20.3 Å². The molecule has 0 bridgehead atoms. The third kappa shape index (κ3) is 4.79. The van der Waals surface area contributed by atoms with Crippen molar-refractivity contribution in [2.24, 2.45) is 16.3 Å². The van der Waals surface area contributed by atoms with Crippen LogP contribution in [0.25, 0.3) is 11.1 Å². The maximum Gasteiger partial charge on any atom is 0.252 e. The number of nitrogens with one attached hydrogen (secondary N) is 1. The maximum atomic E-state index is 14.7. The molecule has 1 aliphatic carbocycles. The van der Waals surface area contributed by atoms with Crippen LogP contribution in [0.2, 0.25) is 0 Å². The first kappa shape index (κ1) is 23.7. The fraction of sp³-hybridized carbons (Fsp3) is 0.577. The van der Waals surface area contributed by atoms with E-state index in [1.165, 1.54) is 0 Å². The highest BCUT2D eigenvalue weighted by atomic mass is 19.3. The average molecular weight is 459 g/mol. The summed E-state index contributed by atoms with van der Waals surface area (Å²) in [7, 11) is 1.62. The second kappa shape index (κ2) is 9.45. The van der Waals surface area contributed by atoms with Gasteiger partial charge in [-0.2, -0.15) is 5.11 Å². The molecule has 0 saturated carbocycles. The zero-order valence-electron chi connectivity index (χ0n) is 20.0. The quantitative estimate of drug-likeness (QED) is 0.399. The van der Waals surface area contributed by atoms with E-state index >= 15 is 0 Å². The van der Waals surface area contributed by atoms with Crippen molar-refractivity contribution in [3.8, 4) is 11.1 Å². The molecule has 4 rings (SSSR count). The van der Waals surface area contributed by atoms with E-state index < -0.39 is 5.92 Å². The molecule has 1 fully saturated rings. The van der Waals surface area contributed by atoms with Crippen LogP contribution in [-0.2, 0) is 23.0 Å². The summed E-state index contributed by atoms with van der Waals surface area (Å²) < 4.78 is 35.1. The van der Waals surface area contributed by atoms with Gasteiger partial charge in [-0.1, -0.05) is 56.3 Å². The van der Waals surface area contributed by atoms with Gasteiger partial charge >= 0.3 is 0 Å². The van der Waals surface area contributed by atoms with Crippen LogP contribution in [-0.4, -0.2) is 31.2 Å². The fourth-order valence-corrected chi connectivity index (χ4v) is 5.16. The monoisotopic (exact) mass is 458 g/mol. The largest absolute Gasteiger partial charge is 0.381 e. The lowest BCUT2D eigenvalue weighted by atomic mass is 9.71. The molecule has 7 heteroatoms. The lowest BCUT2D eigenvalue weighted by Crippen LogP contribution is -2.37. The Morgan fingerprint density at radius 1 is 1.12 bits per heavy atom. The Kier molecular flexibility index (Phi) is 6.80. The molecule has 1 saturated heterocycles. The number of halogens is 2. The number of ether oxygens (including phenoxy) is 1. The Bertz CT molecular complexity index is 1010. The van der Waals surface area contributed by atoms with E-state index in [9.17, 15) is 8.78 Å². The summed E-state index contributed by atoms with van der Waals surface area (Å²) in [5.74, 6) is -2.59. The zero-order valence-corrected chi connectivity index (χ0v) is 20.0. The van der Waals surface area contributed by atoms with Crippen molar-refractivity contribution < 1.29 is 14.9 Å². The van der Waals surface area contributed by atoms with Crippen molar-refractivity contribution in [1.82, 2.24) is 10.4 Å². The van der Waals surface area contributed by atoms with Gasteiger partial charge in [0.15, 0.2) is 0 Å². The molecule has 1 unspecified atom stereocenters. The minimum atomic E-state index is -2.73. The average Bonchev–Trinajstić information content (AvgIpc) is 2.79. The number of pyridine rings is 1. The highest BCUT2D eigenvalue weighted by Gasteiger charge is 2.42. The van der Waals surface area contributed by atoms with Gasteiger partial charge in [-0.05, 0) is 41.9 Å². The molecule has 5 nitrogen and oxygen atoms in total. The van der Waals surface area contributed by atoms with E-state index in [0.29, 0.717) is 18.8 Å². The smallest absolute Gasteiger partial charge is 0.252 e. The molecule has 0 amide bonds. The first-order valence-electron chi connectivity index (χ1n) is 11.9. The number of hydrogen-bond donors (Lipinski definition) is 1. The van der Waals surface area contributed by atoms with Crippen molar-refractivity contribution in [3.63, 3.8) is 0 Å². The van der Waals surface area contributed by atoms with Crippen LogP contribution in [0.3, 0.4) is 0 Å². The lowest BCUT2D eigenvalue weighted by Gasteiger charge is -2.39. The molecule has 180 valence electrons. The third-order valence-electron chi connectivity index (χ3n) is 7.09. The molecule has 1 aliphatic heterocycles. The zero-order chi connectivity index (χ0) is 23.6. The summed E-state index contributed by atoms with van der Waals surface area (Å²) in [6.45, 7) is 7.80. The predicted octanol–water partition coefficient (Wildman–Crippen LogP) is 6.47. The van der Waals surface area contributed by atoms with E-state index in [2.05, 4.69) is 36.5 Å². The van der Waals surface area contributed by atoms with Gasteiger partial charge < -0.3 is 4.74 Å². The summed E-state index contributed by atoms with van der Waals surface area (Å²) >= 11 is 0. The molecular formula is C26H36F2N4O. The summed E-state index contributed by atoms with van der Waals surface area (Å²) in [6.07, 6.45) is 1.53. The highest BCUT2D eigenvalue weighted by molar-refractivity contribution is 5.74. The van der Waals surface area contributed by atoms with Crippen LogP contribution in [0, 0.1) is 5.92 Å². The second-order valence-electron chi connectivity index (χ2n) is 9.90. The van der Waals surface area contributed by atoms with E-state index in [4.69, 9.17) is 9.72 Å². The molecule has 2 aliphatic rings. The van der Waals surface area contributed by atoms with Gasteiger partial charge in [0, 0.05) is 44.2 Å². The van der Waals surface area contributed by atoms with Gasteiger partial charge in [-0.3, -0.25) is 10.4 Å². The van der Waals surface area contributed by atoms with Gasteiger partial charge in [0.25, 0.3) is 5.92 Å². The first-order valence-corrected chi connectivity index (χ1v) is 11.9. The van der Waals surface area contributed by atoms with E-state index in [0.717, 1.165) is 40.9 Å². The van der Waals surface area contributed by atoms with E-state index in [1.54, 1.807) is 7.05 Å². The number of benzene rings is 1. The molecule has 2 heterocycles. The number of rotatable bonds is 6. The number of hydrogen-bond acceptors (Lipinski definition) is 4. The van der Waals surface area contributed by atoms with Crippen molar-refractivity contribution in [3.05, 3.63) is 52.8 Å². The molecule has 1 atom stereocenters. The van der Waals surface area contributed by atoms with Crippen molar-refractivity contribution in [1.29, 1.82) is 0 Å². The van der Waals surface area contributed by atoms with Gasteiger partial charge in [0.1, 0.15) is 0 Å². The van der Waals surface area contributed by atoms with Gasteiger partial charge in [-0.25, -0.2) is 8.78 Å². The Morgan fingerprint density at radius 3 is 2.45 bits per heavy atom. The lowest BCUT2D eigenvalue weighted by molar-refractivity contribution is -0.0128. The summed E-state index contributed by atoms with van der Waals surface area (Å²) in [5, 5.41) is 8.04. The minimum Gasteiger partial charge on any atom is -0.381 e. The Balaban J connectivity index is 0.00000324. The highest BCUT2D eigenvalue weighted by Crippen LogP contribution is 2.47. The Labute approximate surface area is 196 Å². The van der Waals surface area contributed by atoms with Crippen LogP contribution in [0.4, 0.5) is 8.78 Å². The SMILES string of the molecule is CN=NNC(c1c(C2(C)CCOCC2)nc2c(c1-c1ccccc1)CC(F)(F)CC2)C(C)C.[HH]. The normalized spacial score (nSPS) is 20.6. The Hall–Kier alpha value is -2.41. The molecule has 0 radical (unpaired) electrons. The Morgan fingerprint density at radius 2 is 1.82 bits per heavy atom.